The van der Waals surface area contributed by atoms with Crippen LogP contribution in [0.4, 0.5) is 5.82 Å². The van der Waals surface area contributed by atoms with E-state index in [1.54, 1.807) is 0 Å². The molecule has 0 N–H and O–H groups in total. The molecule has 0 saturated heterocycles. The van der Waals surface area contributed by atoms with Crippen LogP contribution in [0.15, 0.2) is 30.3 Å². The van der Waals surface area contributed by atoms with Gasteiger partial charge in [-0.05, 0) is 36.1 Å². The van der Waals surface area contributed by atoms with Crippen molar-refractivity contribution in [3.63, 3.8) is 0 Å². The van der Waals surface area contributed by atoms with E-state index in [2.05, 4.69) is 24.3 Å². The monoisotopic (exact) mass is 234 g/mol. The van der Waals surface area contributed by atoms with Gasteiger partial charge in [-0.1, -0.05) is 23.7 Å². The fraction of sp³-hybridized carbons (Fsp3) is 0.267. The van der Waals surface area contributed by atoms with Crippen molar-refractivity contribution in [1.29, 1.82) is 0 Å². The summed E-state index contributed by atoms with van der Waals surface area (Å²) in [5.74, 6) is 1.02. The van der Waals surface area contributed by atoms with Gasteiger partial charge in [0.1, 0.15) is 13.7 Å². The Bertz CT molecular complexity index is 605. The molecule has 0 atom stereocenters. The van der Waals surface area contributed by atoms with Gasteiger partial charge >= 0.3 is 0 Å². The lowest BCUT2D eigenvalue weighted by molar-refractivity contribution is 0.888. The van der Waals surface area contributed by atoms with Gasteiger partial charge in [-0.2, -0.15) is 0 Å². The minimum Gasteiger partial charge on any atom is -0.363 e. The number of hydrogen-bond donors (Lipinski definition) is 0. The summed E-state index contributed by atoms with van der Waals surface area (Å²) in [6.45, 7) is 0. The second-order valence-corrected chi connectivity index (χ2v) is 4.97. The van der Waals surface area contributed by atoms with E-state index in [0.29, 0.717) is 0 Å². The summed E-state index contributed by atoms with van der Waals surface area (Å²) in [6, 6.07) is 10.4. The number of aromatic nitrogens is 1. The summed E-state index contributed by atoms with van der Waals surface area (Å²) in [6.07, 6.45) is 2.02. The number of aryl methyl sites for hydroxylation is 2. The predicted molar refractivity (Wildman–Crippen MR) is 76.8 cm³/mol. The Morgan fingerprint density at radius 1 is 1.06 bits per heavy atom. The molecule has 2 radical (unpaired) electrons. The SMILES string of the molecule is [B]c1ccc2c(c1)CCc1nc(N(C)C)ccc1-2. The normalized spacial score (nSPS) is 12.8. The first-order valence-electron chi connectivity index (χ1n) is 6.21. The van der Waals surface area contributed by atoms with E-state index in [-0.39, 0.29) is 0 Å². The fourth-order valence-corrected chi connectivity index (χ4v) is 2.51. The molecule has 0 aliphatic heterocycles. The Hall–Kier alpha value is -1.77. The van der Waals surface area contributed by atoms with Gasteiger partial charge in [0, 0.05) is 19.7 Å². The van der Waals surface area contributed by atoms with Gasteiger partial charge in [-0.15, -0.1) is 0 Å². The maximum absolute atomic E-state index is 5.84. The number of pyridine rings is 1. The fourth-order valence-electron chi connectivity index (χ4n) is 2.51. The Kier molecular flexibility index (Phi) is 2.62. The van der Waals surface area contributed by atoms with Gasteiger partial charge in [0.25, 0.3) is 0 Å². The zero-order valence-electron chi connectivity index (χ0n) is 10.8. The molecule has 0 fully saturated rings. The van der Waals surface area contributed by atoms with E-state index < -0.39 is 0 Å². The van der Waals surface area contributed by atoms with Gasteiger partial charge in [-0.3, -0.25) is 0 Å². The summed E-state index contributed by atoms with van der Waals surface area (Å²) in [5, 5.41) is 0. The second kappa shape index (κ2) is 4.16. The van der Waals surface area contributed by atoms with Gasteiger partial charge in [0.2, 0.25) is 0 Å². The molecule has 2 aromatic rings. The van der Waals surface area contributed by atoms with Gasteiger partial charge in [-0.25, -0.2) is 4.98 Å². The first kappa shape index (κ1) is 11.3. The van der Waals surface area contributed by atoms with Gasteiger partial charge < -0.3 is 4.90 Å². The lowest BCUT2D eigenvalue weighted by Crippen LogP contribution is -2.15. The third-order valence-corrected chi connectivity index (χ3v) is 3.47. The van der Waals surface area contributed by atoms with Crippen molar-refractivity contribution in [1.82, 2.24) is 4.98 Å². The quantitative estimate of drug-likeness (QED) is 0.698. The highest BCUT2D eigenvalue weighted by Crippen LogP contribution is 2.32. The minimum atomic E-state index is 0.843. The largest absolute Gasteiger partial charge is 0.363 e. The third kappa shape index (κ3) is 1.80. The van der Waals surface area contributed by atoms with Crippen LogP contribution in [-0.4, -0.2) is 26.9 Å². The van der Waals surface area contributed by atoms with Crippen LogP contribution in [0.5, 0.6) is 0 Å². The van der Waals surface area contributed by atoms with E-state index >= 15 is 0 Å². The molecule has 1 heterocycles. The van der Waals surface area contributed by atoms with Crippen LogP contribution in [0.1, 0.15) is 11.3 Å². The Morgan fingerprint density at radius 2 is 1.83 bits per heavy atom. The van der Waals surface area contributed by atoms with E-state index in [1.165, 1.54) is 22.4 Å². The standard InChI is InChI=1S/C15H15BN2/c1-18(2)15-8-6-13-12-5-4-11(16)9-10(12)3-7-14(13)17-15/h4-6,8-9H,3,7H2,1-2H3. The van der Waals surface area contributed by atoms with Crippen LogP contribution in [0, 0.1) is 0 Å². The summed E-state index contributed by atoms with van der Waals surface area (Å²) >= 11 is 0. The first-order chi connectivity index (χ1) is 8.65. The van der Waals surface area contributed by atoms with Crippen LogP contribution in [-0.2, 0) is 12.8 Å². The van der Waals surface area contributed by atoms with Crippen LogP contribution < -0.4 is 10.4 Å². The maximum atomic E-state index is 5.84. The van der Waals surface area contributed by atoms with Gasteiger partial charge in [0.05, 0.1) is 5.69 Å². The molecule has 1 aromatic heterocycles. The van der Waals surface area contributed by atoms with Crippen LogP contribution >= 0.6 is 0 Å². The van der Waals surface area contributed by atoms with Gasteiger partial charge in [0.15, 0.2) is 0 Å². The minimum absolute atomic E-state index is 0.843. The molecule has 18 heavy (non-hydrogen) atoms. The van der Waals surface area contributed by atoms with Crippen molar-refractivity contribution >= 4 is 19.1 Å². The van der Waals surface area contributed by atoms with Crippen molar-refractivity contribution in [3.05, 3.63) is 41.6 Å². The number of anilines is 1. The van der Waals surface area contributed by atoms with E-state index in [9.17, 15) is 0 Å². The van der Waals surface area contributed by atoms with Crippen LogP contribution in [0.25, 0.3) is 11.1 Å². The third-order valence-electron chi connectivity index (χ3n) is 3.47. The summed E-state index contributed by atoms with van der Waals surface area (Å²) in [5.41, 5.74) is 5.90. The molecule has 1 aromatic carbocycles. The van der Waals surface area contributed by atoms with E-state index in [0.717, 1.165) is 24.1 Å². The highest BCUT2D eigenvalue weighted by atomic mass is 15.1. The molecule has 0 bridgehead atoms. The predicted octanol–water partition coefficient (Wildman–Crippen LogP) is 1.71. The van der Waals surface area contributed by atoms with Crippen molar-refractivity contribution in [3.8, 4) is 11.1 Å². The maximum Gasteiger partial charge on any atom is 0.128 e. The van der Waals surface area contributed by atoms with Crippen molar-refractivity contribution < 1.29 is 0 Å². The number of nitrogens with zero attached hydrogens (tertiary/aromatic N) is 2. The lowest BCUT2D eigenvalue weighted by Gasteiger charge is -2.21. The zero-order chi connectivity index (χ0) is 12.7. The van der Waals surface area contributed by atoms with Crippen molar-refractivity contribution in [2.24, 2.45) is 0 Å². The summed E-state index contributed by atoms with van der Waals surface area (Å²) < 4.78 is 0. The van der Waals surface area contributed by atoms with Crippen molar-refractivity contribution in [2.75, 3.05) is 19.0 Å². The number of fused-ring (bicyclic) bond motifs is 3. The summed E-state index contributed by atoms with van der Waals surface area (Å²) in [7, 11) is 9.88. The van der Waals surface area contributed by atoms with Crippen LogP contribution in [0.3, 0.4) is 0 Å². The zero-order valence-corrected chi connectivity index (χ0v) is 10.8. The Balaban J connectivity index is 2.13. The molecule has 0 unspecified atom stereocenters. The second-order valence-electron chi connectivity index (χ2n) is 4.97. The highest BCUT2D eigenvalue weighted by molar-refractivity contribution is 6.32. The molecule has 0 amide bonds. The first-order valence-corrected chi connectivity index (χ1v) is 6.21. The molecule has 0 saturated carbocycles. The molecule has 2 nitrogen and oxygen atoms in total. The summed E-state index contributed by atoms with van der Waals surface area (Å²) in [4.78, 5) is 6.77. The number of hydrogen-bond acceptors (Lipinski definition) is 2. The molecule has 3 heteroatoms. The number of rotatable bonds is 1. The molecular weight excluding hydrogens is 219 g/mol. The highest BCUT2D eigenvalue weighted by Gasteiger charge is 2.17. The number of benzene rings is 1. The van der Waals surface area contributed by atoms with Crippen LogP contribution in [0.2, 0.25) is 0 Å². The average molecular weight is 234 g/mol. The van der Waals surface area contributed by atoms with E-state index in [4.69, 9.17) is 12.8 Å². The van der Waals surface area contributed by atoms with Crippen molar-refractivity contribution in [2.45, 2.75) is 12.8 Å². The van der Waals surface area contributed by atoms with E-state index in [1.807, 2.05) is 25.1 Å². The molecular formula is C15H15BN2. The Morgan fingerprint density at radius 3 is 2.61 bits per heavy atom. The molecule has 1 aliphatic carbocycles. The molecule has 1 aliphatic rings. The molecule has 0 spiro atoms. The smallest absolute Gasteiger partial charge is 0.128 e. The lowest BCUT2D eigenvalue weighted by atomic mass is 9.84. The topological polar surface area (TPSA) is 16.1 Å². The molecule has 3 rings (SSSR count). The average Bonchev–Trinajstić information content (AvgIpc) is 2.37. The Labute approximate surface area is 109 Å². The molecule has 88 valence electrons.